The van der Waals surface area contributed by atoms with Crippen LogP contribution in [0.1, 0.15) is 131 Å². The van der Waals surface area contributed by atoms with Crippen molar-refractivity contribution in [2.75, 3.05) is 45.8 Å². The maximum atomic E-state index is 13.2. The highest BCUT2D eigenvalue weighted by atomic mass is 16.5. The molecule has 0 aromatic carbocycles. The molecular formula is C39H72N4O2. The van der Waals surface area contributed by atoms with Gasteiger partial charge in [0.2, 0.25) is 0 Å². The van der Waals surface area contributed by atoms with Crippen LogP contribution in [-0.2, 0) is 9.53 Å². The van der Waals surface area contributed by atoms with Crippen LogP contribution in [0.15, 0.2) is 11.6 Å². The average Bonchev–Trinajstić information content (AvgIpc) is 3.36. The number of hydrogen-bond donors (Lipinski definition) is 3. The van der Waals surface area contributed by atoms with Crippen molar-refractivity contribution in [3.8, 4) is 0 Å². The minimum Gasteiger partial charge on any atom is -0.461 e. The SMILES string of the molecule is CC(C)CCC[C@@H](C)[C@H]1CC[C@H]2[C@@H]3CC=C4C[C@@H](OC(=O)CN(CCCN)CCCCNCCCN)CC[C@]4(C)[C@H]3CC[C@]12C. The molecule has 8 atom stereocenters. The van der Waals surface area contributed by atoms with E-state index in [9.17, 15) is 4.79 Å². The zero-order valence-electron chi connectivity index (χ0n) is 30.1. The normalized spacial score (nSPS) is 33.4. The van der Waals surface area contributed by atoms with Gasteiger partial charge in [0.15, 0.2) is 0 Å². The zero-order valence-corrected chi connectivity index (χ0v) is 30.1. The largest absolute Gasteiger partial charge is 0.461 e. The van der Waals surface area contributed by atoms with E-state index in [1.807, 2.05) is 0 Å². The number of ether oxygens (including phenoxy) is 1. The molecule has 0 radical (unpaired) electrons. The Hall–Kier alpha value is -0.950. The van der Waals surface area contributed by atoms with Crippen molar-refractivity contribution in [2.45, 2.75) is 137 Å². The van der Waals surface area contributed by atoms with Crippen molar-refractivity contribution in [3.05, 3.63) is 11.6 Å². The second kappa shape index (κ2) is 17.4. The second-order valence-corrected chi connectivity index (χ2v) is 16.7. The van der Waals surface area contributed by atoms with Crippen molar-refractivity contribution < 1.29 is 9.53 Å². The molecule has 0 bridgehead atoms. The smallest absolute Gasteiger partial charge is 0.320 e. The molecule has 4 aliphatic carbocycles. The maximum absolute atomic E-state index is 13.2. The predicted molar refractivity (Wildman–Crippen MR) is 189 cm³/mol. The molecule has 0 unspecified atom stereocenters. The van der Waals surface area contributed by atoms with Gasteiger partial charge in [-0.3, -0.25) is 9.69 Å². The molecule has 4 rings (SSSR count). The van der Waals surface area contributed by atoms with Crippen LogP contribution in [0.25, 0.3) is 0 Å². The number of hydrogen-bond acceptors (Lipinski definition) is 6. The first kappa shape index (κ1) is 36.9. The summed E-state index contributed by atoms with van der Waals surface area (Å²) in [6, 6.07) is 0. The Morgan fingerprint density at radius 2 is 1.69 bits per heavy atom. The van der Waals surface area contributed by atoms with Gasteiger partial charge in [0.05, 0.1) is 6.54 Å². The Morgan fingerprint density at radius 3 is 2.44 bits per heavy atom. The number of unbranched alkanes of at least 4 members (excludes halogenated alkanes) is 1. The molecule has 6 heteroatoms. The van der Waals surface area contributed by atoms with Crippen molar-refractivity contribution in [1.82, 2.24) is 10.2 Å². The molecule has 3 saturated carbocycles. The fourth-order valence-electron chi connectivity index (χ4n) is 10.7. The third-order valence-electron chi connectivity index (χ3n) is 13.2. The number of allylic oxidation sites excluding steroid dienone is 1. The minimum atomic E-state index is -0.0519. The van der Waals surface area contributed by atoms with E-state index >= 15 is 0 Å². The van der Waals surface area contributed by atoms with E-state index in [-0.39, 0.29) is 12.1 Å². The fraction of sp³-hybridized carbons (Fsp3) is 0.923. The van der Waals surface area contributed by atoms with Gasteiger partial charge in [-0.05, 0) is 156 Å². The van der Waals surface area contributed by atoms with Crippen LogP contribution in [0.3, 0.4) is 0 Å². The molecular weight excluding hydrogens is 556 g/mol. The summed E-state index contributed by atoms with van der Waals surface area (Å²) in [4.78, 5) is 15.4. The van der Waals surface area contributed by atoms with Gasteiger partial charge in [0, 0.05) is 6.42 Å². The first-order chi connectivity index (χ1) is 21.6. The van der Waals surface area contributed by atoms with Crippen LogP contribution in [-0.4, -0.2) is 62.8 Å². The standard InChI is InChI=1S/C39H72N4O2/c1-29(2)11-8-12-30(3)34-15-16-35-33-14-13-31-27-32(17-19-38(31,4)36(33)18-20-39(34,35)5)45-37(44)28-43(26-10-22-41)25-7-6-23-42-24-9-21-40/h13,29-30,32-36,42H,6-12,14-28,40-41H2,1-5H3/t30-,32+,33+,34-,35+,36+,38+,39-/m1/s1. The number of esters is 1. The lowest BCUT2D eigenvalue weighted by Crippen LogP contribution is -2.51. The monoisotopic (exact) mass is 629 g/mol. The lowest BCUT2D eigenvalue weighted by atomic mass is 9.47. The molecule has 0 aliphatic heterocycles. The summed E-state index contributed by atoms with van der Waals surface area (Å²) < 4.78 is 6.20. The van der Waals surface area contributed by atoms with Crippen LogP contribution >= 0.6 is 0 Å². The highest BCUT2D eigenvalue weighted by Gasteiger charge is 2.59. The Bertz CT molecular complexity index is 938. The van der Waals surface area contributed by atoms with Crippen molar-refractivity contribution in [2.24, 2.45) is 57.8 Å². The number of fused-ring (bicyclic) bond motifs is 5. The molecule has 0 aromatic heterocycles. The molecule has 260 valence electrons. The van der Waals surface area contributed by atoms with E-state index in [1.165, 1.54) is 57.8 Å². The second-order valence-electron chi connectivity index (χ2n) is 16.7. The quantitative estimate of drug-likeness (QED) is 0.0789. The highest BCUT2D eigenvalue weighted by Crippen LogP contribution is 2.67. The van der Waals surface area contributed by atoms with Crippen LogP contribution < -0.4 is 16.8 Å². The fourth-order valence-corrected chi connectivity index (χ4v) is 10.7. The molecule has 0 aromatic rings. The highest BCUT2D eigenvalue weighted by molar-refractivity contribution is 5.72. The molecule has 5 N–H and O–H groups in total. The van der Waals surface area contributed by atoms with E-state index in [2.05, 4.69) is 50.9 Å². The number of rotatable bonds is 19. The molecule has 6 nitrogen and oxygen atoms in total. The van der Waals surface area contributed by atoms with Crippen molar-refractivity contribution in [3.63, 3.8) is 0 Å². The number of nitrogens with zero attached hydrogens (tertiary/aromatic N) is 1. The average molecular weight is 629 g/mol. The van der Waals surface area contributed by atoms with Gasteiger partial charge in [0.1, 0.15) is 6.10 Å². The van der Waals surface area contributed by atoms with Gasteiger partial charge in [-0.2, -0.15) is 0 Å². The number of carbonyl (C=O) groups excluding carboxylic acids is 1. The summed E-state index contributed by atoms with van der Waals surface area (Å²) in [6.45, 7) is 18.1. The summed E-state index contributed by atoms with van der Waals surface area (Å²) in [6.07, 6.45) is 21.1. The van der Waals surface area contributed by atoms with Gasteiger partial charge in [-0.1, -0.05) is 65.5 Å². The molecule has 0 amide bonds. The number of nitrogens with one attached hydrogen (secondary N) is 1. The summed E-state index contributed by atoms with van der Waals surface area (Å²) in [5.74, 6) is 5.08. The molecule has 45 heavy (non-hydrogen) atoms. The zero-order chi connectivity index (χ0) is 32.5. The number of nitrogens with two attached hydrogens (primary N) is 2. The Labute approximate surface area is 277 Å². The van der Waals surface area contributed by atoms with Gasteiger partial charge >= 0.3 is 5.97 Å². The van der Waals surface area contributed by atoms with Crippen LogP contribution in [0.4, 0.5) is 0 Å². The summed E-state index contributed by atoms with van der Waals surface area (Å²) in [5.41, 5.74) is 13.8. The first-order valence-corrected chi connectivity index (χ1v) is 19.3. The van der Waals surface area contributed by atoms with E-state index in [4.69, 9.17) is 16.2 Å². The van der Waals surface area contributed by atoms with E-state index in [1.54, 1.807) is 5.57 Å². The van der Waals surface area contributed by atoms with Gasteiger partial charge in [-0.25, -0.2) is 0 Å². The lowest BCUT2D eigenvalue weighted by Gasteiger charge is -2.58. The van der Waals surface area contributed by atoms with Crippen LogP contribution in [0, 0.1) is 46.3 Å². The molecule has 0 heterocycles. The Balaban J connectivity index is 1.28. The summed E-state index contributed by atoms with van der Waals surface area (Å²) >= 11 is 0. The topological polar surface area (TPSA) is 93.6 Å². The van der Waals surface area contributed by atoms with Gasteiger partial charge in [-0.15, -0.1) is 0 Å². The maximum Gasteiger partial charge on any atom is 0.320 e. The first-order valence-electron chi connectivity index (χ1n) is 19.3. The van der Waals surface area contributed by atoms with Gasteiger partial charge < -0.3 is 21.5 Å². The van der Waals surface area contributed by atoms with Crippen LogP contribution in [0.2, 0.25) is 0 Å². The number of carbonyl (C=O) groups is 1. The lowest BCUT2D eigenvalue weighted by molar-refractivity contribution is -0.152. The minimum absolute atomic E-state index is 0.0351. The van der Waals surface area contributed by atoms with Crippen molar-refractivity contribution >= 4 is 5.97 Å². The Kier molecular flexibility index (Phi) is 14.3. The van der Waals surface area contributed by atoms with E-state index < -0.39 is 0 Å². The van der Waals surface area contributed by atoms with Crippen molar-refractivity contribution in [1.29, 1.82) is 0 Å². The molecule has 4 aliphatic rings. The van der Waals surface area contributed by atoms with E-state index in [0.29, 0.717) is 23.9 Å². The molecule has 0 spiro atoms. The van der Waals surface area contributed by atoms with Crippen LogP contribution in [0.5, 0.6) is 0 Å². The molecule has 3 fully saturated rings. The summed E-state index contributed by atoms with van der Waals surface area (Å²) in [7, 11) is 0. The van der Waals surface area contributed by atoms with Gasteiger partial charge in [0.25, 0.3) is 0 Å². The van der Waals surface area contributed by atoms with E-state index in [0.717, 1.165) is 107 Å². The predicted octanol–water partition coefficient (Wildman–Crippen LogP) is 7.31. The third kappa shape index (κ3) is 9.36. The third-order valence-corrected chi connectivity index (χ3v) is 13.2. The summed E-state index contributed by atoms with van der Waals surface area (Å²) in [5, 5.41) is 3.45. The molecule has 0 saturated heterocycles. The Morgan fingerprint density at radius 1 is 0.933 bits per heavy atom.